The maximum Gasteiger partial charge on any atom is 0.262 e. The Balaban J connectivity index is 1.77. The van der Waals surface area contributed by atoms with E-state index in [1.165, 1.54) is 11.8 Å². The Morgan fingerprint density at radius 3 is 2.50 bits per heavy atom. The largest absolute Gasteiger partial charge is 0.325 e. The van der Waals surface area contributed by atoms with Crippen LogP contribution in [-0.4, -0.2) is 45.7 Å². The van der Waals surface area contributed by atoms with Crippen LogP contribution in [0.4, 0.5) is 5.69 Å². The number of rotatable bonds is 10. The van der Waals surface area contributed by atoms with Crippen molar-refractivity contribution in [3.8, 4) is 0 Å². The molecule has 0 unspecified atom stereocenters. The summed E-state index contributed by atoms with van der Waals surface area (Å²) in [5.74, 6) is 0.0683. The molecule has 158 valence electrons. The first-order chi connectivity index (χ1) is 14.6. The summed E-state index contributed by atoms with van der Waals surface area (Å²) in [4.78, 5) is 32.5. The Bertz CT molecular complexity index is 1030. The fourth-order valence-electron chi connectivity index (χ4n) is 3.30. The van der Waals surface area contributed by atoms with E-state index in [0.717, 1.165) is 31.7 Å². The van der Waals surface area contributed by atoms with E-state index in [-0.39, 0.29) is 17.2 Å². The second-order valence-electron chi connectivity index (χ2n) is 6.95. The number of amides is 1. The summed E-state index contributed by atoms with van der Waals surface area (Å²) in [5, 5.41) is 4.07. The van der Waals surface area contributed by atoms with E-state index >= 15 is 0 Å². The monoisotopic (exact) mass is 424 g/mol. The zero-order valence-corrected chi connectivity index (χ0v) is 18.3. The zero-order chi connectivity index (χ0) is 21.3. The summed E-state index contributed by atoms with van der Waals surface area (Å²) in [7, 11) is 0. The van der Waals surface area contributed by atoms with Crippen LogP contribution in [0.15, 0.2) is 64.5 Å². The standard InChI is InChI=1S/C23H28N4O2S/c1-3-26(4-2)15-10-16-27-22(29)19-13-8-9-14-20(19)25-23(27)30-17-21(28)24-18-11-6-5-7-12-18/h5-9,11-14H,3-4,10,15-17H2,1-2H3,(H,24,28). The number of fused-ring (bicyclic) bond motifs is 1. The van der Waals surface area contributed by atoms with Crippen molar-refractivity contribution in [2.24, 2.45) is 0 Å². The molecule has 0 spiro atoms. The summed E-state index contributed by atoms with van der Waals surface area (Å²) in [6.45, 7) is 7.76. The van der Waals surface area contributed by atoms with Crippen molar-refractivity contribution in [1.29, 1.82) is 0 Å². The van der Waals surface area contributed by atoms with E-state index in [1.807, 2.05) is 54.6 Å². The molecular weight excluding hydrogens is 396 g/mol. The summed E-state index contributed by atoms with van der Waals surface area (Å²) in [5.41, 5.74) is 1.37. The molecule has 7 heteroatoms. The second kappa shape index (κ2) is 10.9. The molecule has 3 aromatic rings. The molecule has 30 heavy (non-hydrogen) atoms. The summed E-state index contributed by atoms with van der Waals surface area (Å²) < 4.78 is 1.71. The van der Waals surface area contributed by atoms with Crippen molar-refractivity contribution >= 4 is 34.3 Å². The molecule has 0 fully saturated rings. The van der Waals surface area contributed by atoms with Crippen LogP contribution in [0.3, 0.4) is 0 Å². The van der Waals surface area contributed by atoms with Crippen LogP contribution in [0, 0.1) is 0 Å². The van der Waals surface area contributed by atoms with E-state index in [1.54, 1.807) is 4.57 Å². The second-order valence-corrected chi connectivity index (χ2v) is 7.89. The van der Waals surface area contributed by atoms with Gasteiger partial charge in [-0.15, -0.1) is 0 Å². The van der Waals surface area contributed by atoms with Crippen LogP contribution in [0.25, 0.3) is 10.9 Å². The highest BCUT2D eigenvalue weighted by Crippen LogP contribution is 2.19. The van der Waals surface area contributed by atoms with Crippen molar-refractivity contribution in [2.45, 2.75) is 32.0 Å². The normalized spacial score (nSPS) is 11.2. The molecule has 2 aromatic carbocycles. The van der Waals surface area contributed by atoms with Gasteiger partial charge in [-0.2, -0.15) is 0 Å². The first-order valence-corrected chi connectivity index (χ1v) is 11.3. The number of thioether (sulfide) groups is 1. The van der Waals surface area contributed by atoms with Crippen LogP contribution >= 0.6 is 11.8 Å². The minimum Gasteiger partial charge on any atom is -0.325 e. The first-order valence-electron chi connectivity index (χ1n) is 10.3. The van der Waals surface area contributed by atoms with Gasteiger partial charge in [-0.1, -0.05) is 55.9 Å². The first kappa shape index (κ1) is 22.1. The summed E-state index contributed by atoms with van der Waals surface area (Å²) >= 11 is 1.30. The molecule has 0 aliphatic heterocycles. The third kappa shape index (κ3) is 5.70. The average Bonchev–Trinajstić information content (AvgIpc) is 2.77. The molecule has 0 saturated carbocycles. The summed E-state index contributed by atoms with van der Waals surface area (Å²) in [6, 6.07) is 16.7. The molecule has 1 heterocycles. The van der Waals surface area contributed by atoms with Crippen LogP contribution in [0.2, 0.25) is 0 Å². The van der Waals surface area contributed by atoms with Gasteiger partial charge in [-0.3, -0.25) is 14.2 Å². The van der Waals surface area contributed by atoms with Crippen molar-refractivity contribution < 1.29 is 4.79 Å². The number of aromatic nitrogens is 2. The van der Waals surface area contributed by atoms with Crippen molar-refractivity contribution in [3.05, 3.63) is 65.0 Å². The number of nitrogens with zero attached hydrogens (tertiary/aromatic N) is 3. The van der Waals surface area contributed by atoms with Crippen LogP contribution in [0.1, 0.15) is 20.3 Å². The van der Waals surface area contributed by atoms with Crippen LogP contribution in [-0.2, 0) is 11.3 Å². The number of hydrogen-bond acceptors (Lipinski definition) is 5. The van der Waals surface area contributed by atoms with Gasteiger partial charge in [0.05, 0.1) is 16.7 Å². The molecule has 1 amide bonds. The number of hydrogen-bond donors (Lipinski definition) is 1. The highest BCUT2D eigenvalue weighted by molar-refractivity contribution is 7.99. The third-order valence-electron chi connectivity index (χ3n) is 4.97. The van der Waals surface area contributed by atoms with Crippen LogP contribution < -0.4 is 10.9 Å². The number of nitrogens with one attached hydrogen (secondary N) is 1. The smallest absolute Gasteiger partial charge is 0.262 e. The van der Waals surface area contributed by atoms with Gasteiger partial charge in [0.1, 0.15) is 0 Å². The van der Waals surface area contributed by atoms with Gasteiger partial charge in [0, 0.05) is 12.2 Å². The van der Waals surface area contributed by atoms with Crippen molar-refractivity contribution in [2.75, 3.05) is 30.7 Å². The SMILES string of the molecule is CCN(CC)CCCn1c(SCC(=O)Nc2ccccc2)nc2ccccc2c1=O. The molecule has 0 bridgehead atoms. The zero-order valence-electron chi connectivity index (χ0n) is 17.5. The highest BCUT2D eigenvalue weighted by atomic mass is 32.2. The number of carbonyl (C=O) groups is 1. The maximum atomic E-state index is 13.1. The molecule has 1 N–H and O–H groups in total. The Kier molecular flexibility index (Phi) is 8.04. The minimum absolute atomic E-state index is 0.0499. The Hall–Kier alpha value is -2.64. The lowest BCUT2D eigenvalue weighted by atomic mass is 10.2. The number of para-hydroxylation sites is 2. The van der Waals surface area contributed by atoms with Gasteiger partial charge in [-0.25, -0.2) is 4.98 Å². The van der Waals surface area contributed by atoms with Crippen molar-refractivity contribution in [1.82, 2.24) is 14.5 Å². The predicted octanol–water partition coefficient (Wildman–Crippen LogP) is 3.86. The minimum atomic E-state index is -0.122. The third-order valence-corrected chi connectivity index (χ3v) is 5.94. The van der Waals surface area contributed by atoms with E-state index in [4.69, 9.17) is 0 Å². The van der Waals surface area contributed by atoms with E-state index in [2.05, 4.69) is 29.0 Å². The van der Waals surface area contributed by atoms with Gasteiger partial charge in [0.25, 0.3) is 5.56 Å². The molecule has 3 rings (SSSR count). The Morgan fingerprint density at radius 1 is 1.07 bits per heavy atom. The number of carbonyl (C=O) groups excluding carboxylic acids is 1. The highest BCUT2D eigenvalue weighted by Gasteiger charge is 2.13. The number of anilines is 1. The Morgan fingerprint density at radius 2 is 1.77 bits per heavy atom. The topological polar surface area (TPSA) is 67.2 Å². The fraction of sp³-hybridized carbons (Fsp3) is 0.348. The van der Waals surface area contributed by atoms with Gasteiger partial charge in [0.15, 0.2) is 5.16 Å². The van der Waals surface area contributed by atoms with Crippen molar-refractivity contribution in [3.63, 3.8) is 0 Å². The summed E-state index contributed by atoms with van der Waals surface area (Å²) in [6.07, 6.45) is 0.853. The molecule has 1 aromatic heterocycles. The maximum absolute atomic E-state index is 13.1. The van der Waals surface area contributed by atoms with Gasteiger partial charge < -0.3 is 10.2 Å². The fourth-order valence-corrected chi connectivity index (χ4v) is 4.12. The molecule has 6 nitrogen and oxygen atoms in total. The lowest BCUT2D eigenvalue weighted by molar-refractivity contribution is -0.113. The van der Waals surface area contributed by atoms with Gasteiger partial charge in [0.2, 0.25) is 5.91 Å². The predicted molar refractivity (Wildman–Crippen MR) is 124 cm³/mol. The van der Waals surface area contributed by atoms with E-state index < -0.39 is 0 Å². The Labute approximate surface area is 181 Å². The molecule has 0 atom stereocenters. The molecular formula is C23H28N4O2S. The van der Waals surface area contributed by atoms with Crippen LogP contribution in [0.5, 0.6) is 0 Å². The lowest BCUT2D eigenvalue weighted by Gasteiger charge is -2.19. The van der Waals surface area contributed by atoms with E-state index in [9.17, 15) is 9.59 Å². The molecule has 0 radical (unpaired) electrons. The lowest BCUT2D eigenvalue weighted by Crippen LogP contribution is -2.28. The molecule has 0 aliphatic carbocycles. The number of benzene rings is 2. The van der Waals surface area contributed by atoms with E-state index in [0.29, 0.717) is 22.6 Å². The van der Waals surface area contributed by atoms with Gasteiger partial charge in [-0.05, 0) is 50.3 Å². The van der Waals surface area contributed by atoms with Gasteiger partial charge >= 0.3 is 0 Å². The quantitative estimate of drug-likeness (QED) is 0.395. The molecule has 0 saturated heterocycles. The molecule has 0 aliphatic rings. The average molecular weight is 425 g/mol.